The summed E-state index contributed by atoms with van der Waals surface area (Å²) < 4.78 is 19.3. The molecule has 1 aliphatic heterocycles. The van der Waals surface area contributed by atoms with Crippen molar-refractivity contribution in [1.82, 2.24) is 0 Å². The summed E-state index contributed by atoms with van der Waals surface area (Å²) in [6.07, 6.45) is 4.77. The summed E-state index contributed by atoms with van der Waals surface area (Å²) in [4.78, 5) is 40.7. The number of aliphatic carboxylic acids is 1. The Morgan fingerprint density at radius 1 is 1.09 bits per heavy atom. The molecule has 3 N–H and O–H groups in total. The van der Waals surface area contributed by atoms with E-state index in [1.807, 2.05) is 19.9 Å². The zero-order chi connectivity index (χ0) is 34.4. The van der Waals surface area contributed by atoms with Gasteiger partial charge in [-0.2, -0.15) is 0 Å². The van der Waals surface area contributed by atoms with Gasteiger partial charge in [-0.1, -0.05) is 67.9 Å². The SMILES string of the molecule is CC(=O)O[C@@H]1C[C@]23COC[C@](C)([C@@H]2CC[C@H]2C3=CC(=O)[C@@]3(C)[C@H](C(=O)O)[C@@](C)([C@H](C)C(C)C)CCC23C)[C@H]1OC[C@@](C)(N)C(C)C. The number of hydrogen-bond donors (Lipinski definition) is 2. The number of hydrogen-bond acceptors (Lipinski definition) is 7. The van der Waals surface area contributed by atoms with Crippen molar-refractivity contribution in [1.29, 1.82) is 0 Å². The number of carbonyl (C=O) groups excluding carboxylic acids is 2. The smallest absolute Gasteiger partial charge is 0.308 e. The molecule has 12 atom stereocenters. The van der Waals surface area contributed by atoms with Crippen LogP contribution in [0.5, 0.6) is 0 Å². The van der Waals surface area contributed by atoms with Crippen LogP contribution in [-0.2, 0) is 28.6 Å². The van der Waals surface area contributed by atoms with Crippen molar-refractivity contribution >= 4 is 17.7 Å². The lowest BCUT2D eigenvalue weighted by Crippen LogP contribution is -2.71. The summed E-state index contributed by atoms with van der Waals surface area (Å²) in [7, 11) is 0. The minimum atomic E-state index is -1.05. The first-order chi connectivity index (χ1) is 21.1. The summed E-state index contributed by atoms with van der Waals surface area (Å²) in [6, 6.07) is 0. The first-order valence-corrected chi connectivity index (χ1v) is 17.8. The Morgan fingerprint density at radius 2 is 1.74 bits per heavy atom. The van der Waals surface area contributed by atoms with Gasteiger partial charge in [-0.3, -0.25) is 14.4 Å². The van der Waals surface area contributed by atoms with Crippen molar-refractivity contribution in [2.24, 2.45) is 68.3 Å². The highest BCUT2D eigenvalue weighted by molar-refractivity contribution is 6.00. The Hall–Kier alpha value is -1.77. The van der Waals surface area contributed by atoms with Crippen molar-refractivity contribution in [2.45, 2.75) is 126 Å². The van der Waals surface area contributed by atoms with Gasteiger partial charge < -0.3 is 25.1 Å². The maximum atomic E-state index is 14.8. The average Bonchev–Trinajstić information content (AvgIpc) is 2.93. The van der Waals surface area contributed by atoms with E-state index in [0.717, 1.165) is 31.3 Å². The van der Waals surface area contributed by atoms with E-state index in [4.69, 9.17) is 19.9 Å². The molecule has 1 unspecified atom stereocenters. The van der Waals surface area contributed by atoms with Crippen molar-refractivity contribution in [2.75, 3.05) is 19.8 Å². The summed E-state index contributed by atoms with van der Waals surface area (Å²) in [6.45, 7) is 23.8. The Bertz CT molecular complexity index is 1290. The number of allylic oxidation sites excluding steroid dienone is 1. The number of carbonyl (C=O) groups is 3. The molecule has 4 fully saturated rings. The molecule has 1 heterocycles. The van der Waals surface area contributed by atoms with Crippen molar-refractivity contribution in [3.05, 3.63) is 11.6 Å². The van der Waals surface area contributed by atoms with E-state index in [2.05, 4.69) is 55.4 Å². The summed E-state index contributed by atoms with van der Waals surface area (Å²) in [5.41, 5.74) is 4.10. The molecule has 3 saturated carbocycles. The number of ketones is 1. The molecule has 1 saturated heterocycles. The van der Waals surface area contributed by atoms with E-state index in [-0.39, 0.29) is 35.4 Å². The van der Waals surface area contributed by atoms with E-state index < -0.39 is 56.7 Å². The van der Waals surface area contributed by atoms with Crippen LogP contribution in [-0.4, -0.2) is 60.4 Å². The zero-order valence-electron chi connectivity index (χ0n) is 30.3. The molecule has 5 aliphatic rings. The largest absolute Gasteiger partial charge is 0.481 e. The van der Waals surface area contributed by atoms with Gasteiger partial charge in [0.1, 0.15) is 12.2 Å². The van der Waals surface area contributed by atoms with Crippen LogP contribution >= 0.6 is 0 Å². The monoisotopic (exact) mass is 643 g/mol. The van der Waals surface area contributed by atoms with Gasteiger partial charge in [0.25, 0.3) is 0 Å². The second-order valence-electron chi connectivity index (χ2n) is 18.0. The van der Waals surface area contributed by atoms with Crippen molar-refractivity contribution in [3.63, 3.8) is 0 Å². The summed E-state index contributed by atoms with van der Waals surface area (Å²) in [5, 5.41) is 10.9. The molecule has 260 valence electrons. The quantitative estimate of drug-likeness (QED) is 0.290. The fourth-order valence-electron chi connectivity index (χ4n) is 11.4. The van der Waals surface area contributed by atoms with Crippen molar-refractivity contribution in [3.8, 4) is 0 Å². The van der Waals surface area contributed by atoms with Crippen LogP contribution in [0.4, 0.5) is 0 Å². The molecule has 0 radical (unpaired) electrons. The number of fused-ring (bicyclic) bond motifs is 3. The van der Waals surface area contributed by atoms with Gasteiger partial charge in [0.05, 0.1) is 25.7 Å². The number of ether oxygens (including phenoxy) is 3. The predicted molar refractivity (Wildman–Crippen MR) is 177 cm³/mol. The molecular formula is C38H61NO7. The molecule has 46 heavy (non-hydrogen) atoms. The zero-order valence-corrected chi connectivity index (χ0v) is 30.3. The molecule has 0 aromatic heterocycles. The highest BCUT2D eigenvalue weighted by atomic mass is 16.6. The third-order valence-corrected chi connectivity index (χ3v) is 15.2. The van der Waals surface area contributed by atoms with Crippen LogP contribution < -0.4 is 5.73 Å². The Labute approximate surface area is 276 Å². The van der Waals surface area contributed by atoms with Crippen LogP contribution in [0.25, 0.3) is 0 Å². The van der Waals surface area contributed by atoms with Crippen molar-refractivity contribution < 1.29 is 33.7 Å². The molecule has 5 rings (SSSR count). The van der Waals surface area contributed by atoms with Crippen LogP contribution in [0.1, 0.15) is 108 Å². The fraction of sp³-hybridized carbons (Fsp3) is 0.868. The maximum absolute atomic E-state index is 14.8. The topological polar surface area (TPSA) is 125 Å². The van der Waals surface area contributed by atoms with Gasteiger partial charge >= 0.3 is 11.9 Å². The Kier molecular flexibility index (Phi) is 8.81. The van der Waals surface area contributed by atoms with E-state index in [0.29, 0.717) is 32.2 Å². The maximum Gasteiger partial charge on any atom is 0.308 e. The number of esters is 1. The van der Waals surface area contributed by atoms with Gasteiger partial charge in [-0.05, 0) is 85.5 Å². The lowest BCUT2D eigenvalue weighted by atomic mass is 9.34. The minimum absolute atomic E-state index is 0.0295. The number of carboxylic acids is 1. The molecule has 0 amide bonds. The van der Waals surface area contributed by atoms with Crippen LogP contribution in [0, 0.1) is 62.6 Å². The van der Waals surface area contributed by atoms with E-state index in [1.165, 1.54) is 6.92 Å². The molecule has 0 aromatic rings. The molecule has 2 bridgehead atoms. The first-order valence-electron chi connectivity index (χ1n) is 17.8. The predicted octanol–water partition coefficient (Wildman–Crippen LogP) is 6.44. The van der Waals surface area contributed by atoms with Crippen LogP contribution in [0.2, 0.25) is 0 Å². The molecular weight excluding hydrogens is 582 g/mol. The van der Waals surface area contributed by atoms with E-state index in [9.17, 15) is 19.5 Å². The number of carboxylic acid groups (broad SMARTS) is 1. The standard InChI is InChI=1S/C38H61NO7/c1-21(2)23(5)33(7)14-15-35(9)25-12-13-28-34(8)18-44-20-38(28,26(25)16-29(41)37(35,11)30(33)32(42)43)17-27(46-24(6)40)31(34)45-19-36(10,39)22(3)4/h16,21-23,25,27-28,30-31H,12-15,17-20,39H2,1-11H3,(H,42,43)/t23-,25+,27-,28+,30-,31+,33-,34-,35?,36-,37+,38-/m1/s1. The second-order valence-corrected chi connectivity index (χ2v) is 18.0. The second kappa shape index (κ2) is 11.4. The fourth-order valence-corrected chi connectivity index (χ4v) is 11.4. The number of nitrogens with two attached hydrogens (primary N) is 1. The van der Waals surface area contributed by atoms with Gasteiger partial charge in [-0.25, -0.2) is 0 Å². The van der Waals surface area contributed by atoms with E-state index >= 15 is 0 Å². The number of rotatable bonds is 8. The highest BCUT2D eigenvalue weighted by Crippen LogP contribution is 2.74. The average molecular weight is 644 g/mol. The van der Waals surface area contributed by atoms with Gasteiger partial charge in [0, 0.05) is 28.7 Å². The highest BCUT2D eigenvalue weighted by Gasteiger charge is 2.74. The Morgan fingerprint density at radius 3 is 2.30 bits per heavy atom. The molecule has 8 heteroatoms. The lowest BCUT2D eigenvalue weighted by Gasteiger charge is -2.70. The third-order valence-electron chi connectivity index (χ3n) is 15.2. The normalized spacial score (nSPS) is 45.6. The van der Waals surface area contributed by atoms with Gasteiger partial charge in [-0.15, -0.1) is 0 Å². The van der Waals surface area contributed by atoms with Gasteiger partial charge in [0.2, 0.25) is 0 Å². The minimum Gasteiger partial charge on any atom is -0.481 e. The van der Waals surface area contributed by atoms with Crippen LogP contribution in [0.15, 0.2) is 11.6 Å². The molecule has 4 aliphatic carbocycles. The first kappa shape index (κ1) is 35.5. The van der Waals surface area contributed by atoms with Crippen LogP contribution in [0.3, 0.4) is 0 Å². The van der Waals surface area contributed by atoms with Gasteiger partial charge in [0.15, 0.2) is 5.78 Å². The lowest BCUT2D eigenvalue weighted by molar-refractivity contribution is -0.268. The third kappa shape index (κ3) is 4.80. The summed E-state index contributed by atoms with van der Waals surface area (Å²) in [5.74, 6) is -1.28. The van der Waals surface area contributed by atoms with E-state index in [1.54, 1.807) is 0 Å². The molecule has 0 aromatic carbocycles. The molecule has 8 nitrogen and oxygen atoms in total. The summed E-state index contributed by atoms with van der Waals surface area (Å²) >= 11 is 0. The Balaban J connectivity index is 1.62. The molecule has 0 spiro atoms.